The van der Waals surface area contributed by atoms with E-state index in [0.29, 0.717) is 36.0 Å². The number of fused-ring (bicyclic) bond motifs is 1. The zero-order chi connectivity index (χ0) is 17.5. The second-order valence-corrected chi connectivity index (χ2v) is 5.75. The minimum absolute atomic E-state index is 0.145. The molecular formula is C18H22O6. The molecule has 1 aliphatic rings. The first-order valence-electron chi connectivity index (χ1n) is 7.95. The van der Waals surface area contributed by atoms with E-state index in [1.165, 1.54) is 6.08 Å². The van der Waals surface area contributed by atoms with E-state index in [9.17, 15) is 9.59 Å². The molecule has 0 radical (unpaired) electrons. The Hall–Kier alpha value is -2.50. The number of benzene rings is 1. The summed E-state index contributed by atoms with van der Waals surface area (Å²) in [6.07, 6.45) is 2.95. The van der Waals surface area contributed by atoms with E-state index in [1.807, 2.05) is 13.8 Å². The number of esters is 2. The van der Waals surface area contributed by atoms with Crippen molar-refractivity contribution in [2.75, 3.05) is 13.4 Å². The largest absolute Gasteiger partial charge is 0.463 e. The number of hydrogen-bond acceptors (Lipinski definition) is 6. The van der Waals surface area contributed by atoms with E-state index in [2.05, 4.69) is 0 Å². The zero-order valence-electron chi connectivity index (χ0n) is 14.1. The first kappa shape index (κ1) is 17.8. The second-order valence-electron chi connectivity index (χ2n) is 5.75. The highest BCUT2D eigenvalue weighted by Gasteiger charge is 2.19. The molecule has 2 rings (SSSR count). The van der Waals surface area contributed by atoms with Crippen molar-refractivity contribution in [3.8, 4) is 11.5 Å². The van der Waals surface area contributed by atoms with Crippen LogP contribution in [0.25, 0.3) is 0 Å². The van der Waals surface area contributed by atoms with Gasteiger partial charge in [0.25, 0.3) is 0 Å². The minimum Gasteiger partial charge on any atom is -0.463 e. The van der Waals surface area contributed by atoms with Gasteiger partial charge in [0.2, 0.25) is 6.79 Å². The summed E-state index contributed by atoms with van der Waals surface area (Å²) >= 11 is 0. The van der Waals surface area contributed by atoms with Crippen LogP contribution in [-0.4, -0.2) is 31.4 Å². The summed E-state index contributed by atoms with van der Waals surface area (Å²) in [5.41, 5.74) is 0.373. The molecule has 6 nitrogen and oxygen atoms in total. The van der Waals surface area contributed by atoms with Gasteiger partial charge in [-0.3, -0.25) is 0 Å². The Kier molecular flexibility index (Phi) is 6.23. The molecule has 0 bridgehead atoms. The third-order valence-corrected chi connectivity index (χ3v) is 3.30. The van der Waals surface area contributed by atoms with E-state index < -0.39 is 18.0 Å². The van der Waals surface area contributed by atoms with Gasteiger partial charge in [0, 0.05) is 6.08 Å². The summed E-state index contributed by atoms with van der Waals surface area (Å²) in [6.45, 7) is 6.21. The van der Waals surface area contributed by atoms with Gasteiger partial charge in [0.1, 0.15) is 6.10 Å². The van der Waals surface area contributed by atoms with E-state index >= 15 is 0 Å². The van der Waals surface area contributed by atoms with Crippen molar-refractivity contribution in [1.82, 2.24) is 0 Å². The van der Waals surface area contributed by atoms with Crippen molar-refractivity contribution >= 4 is 11.9 Å². The molecule has 1 aliphatic heterocycles. The number of ether oxygens (including phenoxy) is 4. The molecule has 24 heavy (non-hydrogen) atoms. The quantitative estimate of drug-likeness (QED) is 0.564. The van der Waals surface area contributed by atoms with Crippen LogP contribution in [-0.2, 0) is 14.3 Å². The maximum Gasteiger partial charge on any atom is 0.338 e. The minimum atomic E-state index is -0.507. The third-order valence-electron chi connectivity index (χ3n) is 3.30. The highest BCUT2D eigenvalue weighted by Crippen LogP contribution is 2.32. The van der Waals surface area contributed by atoms with Gasteiger partial charge in [-0.15, -0.1) is 0 Å². The van der Waals surface area contributed by atoms with Crippen molar-refractivity contribution in [2.45, 2.75) is 33.3 Å². The van der Waals surface area contributed by atoms with Gasteiger partial charge in [-0.2, -0.15) is 0 Å². The molecule has 130 valence electrons. The van der Waals surface area contributed by atoms with Crippen molar-refractivity contribution in [3.05, 3.63) is 35.9 Å². The molecule has 0 spiro atoms. The molecule has 6 heteroatoms. The van der Waals surface area contributed by atoms with Gasteiger partial charge >= 0.3 is 11.9 Å². The monoisotopic (exact) mass is 334 g/mol. The van der Waals surface area contributed by atoms with Gasteiger partial charge in [-0.1, -0.05) is 13.8 Å². The highest BCUT2D eigenvalue weighted by molar-refractivity contribution is 5.90. The summed E-state index contributed by atoms with van der Waals surface area (Å²) < 4.78 is 20.8. The highest BCUT2D eigenvalue weighted by atomic mass is 16.7. The molecule has 0 saturated heterocycles. The molecule has 0 saturated carbocycles. The second kappa shape index (κ2) is 8.38. The average molecular weight is 334 g/mol. The van der Waals surface area contributed by atoms with Crippen LogP contribution in [0.5, 0.6) is 11.5 Å². The topological polar surface area (TPSA) is 71.1 Å². The van der Waals surface area contributed by atoms with Crippen molar-refractivity contribution < 1.29 is 28.5 Å². The summed E-state index contributed by atoms with van der Waals surface area (Å²) in [7, 11) is 0. The Labute approximate surface area is 141 Å². The molecule has 1 heterocycles. The number of rotatable bonds is 7. The normalized spacial score (nSPS) is 14.0. The van der Waals surface area contributed by atoms with Crippen molar-refractivity contribution in [2.24, 2.45) is 5.92 Å². The van der Waals surface area contributed by atoms with Crippen LogP contribution >= 0.6 is 0 Å². The van der Waals surface area contributed by atoms with E-state index in [0.717, 1.165) is 0 Å². The van der Waals surface area contributed by atoms with E-state index in [4.69, 9.17) is 18.9 Å². The number of carbonyl (C=O) groups is 2. The Morgan fingerprint density at radius 1 is 1.25 bits per heavy atom. The lowest BCUT2D eigenvalue weighted by Crippen LogP contribution is -2.19. The van der Waals surface area contributed by atoms with Crippen LogP contribution < -0.4 is 9.47 Å². The van der Waals surface area contributed by atoms with Gasteiger partial charge < -0.3 is 18.9 Å². The van der Waals surface area contributed by atoms with Crippen LogP contribution in [0.15, 0.2) is 30.4 Å². The molecule has 0 fully saturated rings. The molecule has 0 amide bonds. The SMILES string of the molecule is CCOC(=O)/C=C/[C@@H](CC(C)C)OC(=O)c1ccc2c(c1)OCO2. The van der Waals surface area contributed by atoms with Gasteiger partial charge in [0.05, 0.1) is 12.2 Å². The fourth-order valence-electron chi connectivity index (χ4n) is 2.24. The Balaban J connectivity index is 2.04. The molecular weight excluding hydrogens is 312 g/mol. The first-order chi connectivity index (χ1) is 11.5. The van der Waals surface area contributed by atoms with Crippen LogP contribution in [0, 0.1) is 5.92 Å². The fraction of sp³-hybridized carbons (Fsp3) is 0.444. The Morgan fingerprint density at radius 3 is 2.71 bits per heavy atom. The standard InChI is InChI=1S/C18H22O6/c1-4-21-17(19)8-6-14(9-12(2)3)24-18(20)13-5-7-15-16(10-13)23-11-22-15/h5-8,10,12,14H,4,9,11H2,1-3H3/b8-6+/t14-/m0/s1. The van der Waals surface area contributed by atoms with Crippen molar-refractivity contribution in [1.29, 1.82) is 0 Å². The first-order valence-corrected chi connectivity index (χ1v) is 7.95. The zero-order valence-corrected chi connectivity index (χ0v) is 14.1. The molecule has 0 N–H and O–H groups in total. The molecule has 1 aromatic carbocycles. The molecule has 1 atom stereocenters. The molecule has 1 aromatic rings. The van der Waals surface area contributed by atoms with Crippen molar-refractivity contribution in [3.63, 3.8) is 0 Å². The summed E-state index contributed by atoms with van der Waals surface area (Å²) in [4.78, 5) is 23.8. The lowest BCUT2D eigenvalue weighted by Gasteiger charge is -2.16. The fourth-order valence-corrected chi connectivity index (χ4v) is 2.24. The van der Waals surface area contributed by atoms with E-state index in [1.54, 1.807) is 31.2 Å². The smallest absolute Gasteiger partial charge is 0.338 e. The van der Waals surface area contributed by atoms with Crippen LogP contribution in [0.4, 0.5) is 0 Å². The van der Waals surface area contributed by atoms with Gasteiger partial charge in [-0.05, 0) is 43.5 Å². The lowest BCUT2D eigenvalue weighted by molar-refractivity contribution is -0.137. The predicted molar refractivity (Wildman–Crippen MR) is 87.0 cm³/mol. The molecule has 0 aliphatic carbocycles. The third kappa shape index (κ3) is 5.01. The van der Waals surface area contributed by atoms with Crippen LogP contribution in [0.1, 0.15) is 37.6 Å². The predicted octanol–water partition coefficient (Wildman–Crippen LogP) is 3.11. The van der Waals surface area contributed by atoms with Crippen LogP contribution in [0.3, 0.4) is 0 Å². The average Bonchev–Trinajstić information content (AvgIpc) is 2.99. The lowest BCUT2D eigenvalue weighted by atomic mass is 10.1. The summed E-state index contributed by atoms with van der Waals surface area (Å²) in [5, 5.41) is 0. The van der Waals surface area contributed by atoms with E-state index in [-0.39, 0.29) is 6.79 Å². The maximum atomic E-state index is 12.3. The maximum absolute atomic E-state index is 12.3. The van der Waals surface area contributed by atoms with Gasteiger partial charge in [0.15, 0.2) is 11.5 Å². The number of carbonyl (C=O) groups excluding carboxylic acids is 2. The summed E-state index contributed by atoms with van der Waals surface area (Å²) in [6, 6.07) is 4.88. The Bertz CT molecular complexity index is 620. The molecule has 0 aromatic heterocycles. The van der Waals surface area contributed by atoms with Gasteiger partial charge in [-0.25, -0.2) is 9.59 Å². The number of hydrogen-bond donors (Lipinski definition) is 0. The summed E-state index contributed by atoms with van der Waals surface area (Å²) in [5.74, 6) is 0.489. The molecule has 0 unspecified atom stereocenters. The van der Waals surface area contributed by atoms with Crippen LogP contribution in [0.2, 0.25) is 0 Å². The Morgan fingerprint density at radius 2 is 2.00 bits per heavy atom.